The topological polar surface area (TPSA) is 0 Å². The molecule has 0 heteroatoms. The highest BCUT2D eigenvalue weighted by Crippen LogP contribution is 2.58. The van der Waals surface area contributed by atoms with Crippen LogP contribution in [0.5, 0.6) is 0 Å². The van der Waals surface area contributed by atoms with E-state index in [-0.39, 0.29) is 0 Å². The van der Waals surface area contributed by atoms with Crippen molar-refractivity contribution in [2.45, 2.75) is 13.8 Å². The van der Waals surface area contributed by atoms with Crippen LogP contribution < -0.4 is 0 Å². The lowest BCUT2D eigenvalue weighted by molar-refractivity contribution is 1.46. The highest BCUT2D eigenvalue weighted by Gasteiger charge is 2.31. The van der Waals surface area contributed by atoms with Gasteiger partial charge in [0.25, 0.3) is 0 Å². The molecule has 86 heavy (non-hydrogen) atoms. The molecule has 0 aromatic heterocycles. The van der Waals surface area contributed by atoms with Crippen molar-refractivity contribution in [1.29, 1.82) is 0 Å². The molecular weight excluding hydrogens is 1030 g/mol. The minimum atomic E-state index is 1.14. The van der Waals surface area contributed by atoms with Crippen molar-refractivity contribution in [2.24, 2.45) is 0 Å². The summed E-state index contributed by atoms with van der Waals surface area (Å²) in [4.78, 5) is 0. The van der Waals surface area contributed by atoms with E-state index in [2.05, 4.69) is 354 Å². The van der Waals surface area contributed by atoms with Gasteiger partial charge in [-0.15, -0.1) is 0 Å². The van der Waals surface area contributed by atoms with Gasteiger partial charge in [-0.3, -0.25) is 0 Å². The molecule has 406 valence electrons. The maximum atomic E-state index is 2.36. The van der Waals surface area contributed by atoms with Crippen molar-refractivity contribution in [3.63, 3.8) is 0 Å². The molecule has 0 aliphatic carbocycles. The second-order valence-electron chi connectivity index (χ2n) is 22.3. The van der Waals surface area contributed by atoms with Crippen LogP contribution >= 0.6 is 0 Å². The summed E-state index contributed by atoms with van der Waals surface area (Å²) in [7, 11) is 0. The van der Waals surface area contributed by atoms with Crippen molar-refractivity contribution in [3.8, 4) is 145 Å². The van der Waals surface area contributed by atoms with E-state index in [0.717, 1.165) is 33.4 Å². The van der Waals surface area contributed by atoms with E-state index in [4.69, 9.17) is 0 Å². The number of aryl methyl sites for hydroxylation is 2. The summed E-state index contributed by atoms with van der Waals surface area (Å²) in [6, 6.07) is 125. The van der Waals surface area contributed by atoms with Crippen LogP contribution in [0.1, 0.15) is 11.1 Å². The molecule has 0 aliphatic rings. The number of benzene rings is 14. The maximum Gasteiger partial charge on any atom is -0.00139 e. The Balaban J connectivity index is 1.02. The minimum Gasteiger partial charge on any atom is -0.0622 e. The van der Waals surface area contributed by atoms with Crippen LogP contribution in [0.4, 0.5) is 0 Å². The molecule has 0 bridgehead atoms. The third kappa shape index (κ3) is 10.2. The second-order valence-corrected chi connectivity index (χ2v) is 22.3. The van der Waals surface area contributed by atoms with Crippen LogP contribution in [0.3, 0.4) is 0 Å². The predicted octanol–water partition coefficient (Wildman–Crippen LogP) is 24.0. The van der Waals surface area contributed by atoms with Gasteiger partial charge in [-0.05, 0) is 158 Å². The zero-order valence-electron chi connectivity index (χ0n) is 48.3. The number of hydrogen-bond donors (Lipinski definition) is 0. The first-order valence-electron chi connectivity index (χ1n) is 29.8. The van der Waals surface area contributed by atoms with E-state index >= 15 is 0 Å². The molecule has 0 amide bonds. The smallest absolute Gasteiger partial charge is 0.00139 e. The van der Waals surface area contributed by atoms with E-state index in [1.807, 2.05) is 0 Å². The Labute approximate surface area is 506 Å². The first-order valence-corrected chi connectivity index (χ1v) is 29.8. The van der Waals surface area contributed by atoms with Crippen LogP contribution in [-0.2, 0) is 0 Å². The average Bonchev–Trinajstić information content (AvgIpc) is 0.927. The SMILES string of the molecule is Cc1ccc(-c2c(-c3ccccc3)c(-c3ccccc3)c(-c3ccccc3)c(-c3ccccc3)c2-c2ccc(-c3ccc(-c4c(-c5ccccc5)c(-c5ccccc5)c(-c5ccccc5)c(-c5ccccc5)c4-c4ccc(C)cc4)cc3)cc2)cc1. The van der Waals surface area contributed by atoms with Crippen LogP contribution in [0.25, 0.3) is 145 Å². The monoisotopic (exact) mass is 1090 g/mol. The summed E-state index contributed by atoms with van der Waals surface area (Å²) in [6.07, 6.45) is 0. The molecule has 14 aromatic carbocycles. The fraction of sp³-hybridized carbons (Fsp3) is 0.0233. The molecule has 0 radical (unpaired) electrons. The van der Waals surface area contributed by atoms with Crippen molar-refractivity contribution >= 4 is 0 Å². The average molecular weight is 1100 g/mol. The highest BCUT2D eigenvalue weighted by atomic mass is 14.3. The van der Waals surface area contributed by atoms with Gasteiger partial charge in [-0.1, -0.05) is 351 Å². The third-order valence-electron chi connectivity index (χ3n) is 16.9. The highest BCUT2D eigenvalue weighted by molar-refractivity contribution is 6.17. The molecule has 0 nitrogen and oxygen atoms in total. The van der Waals surface area contributed by atoms with Gasteiger partial charge in [0.1, 0.15) is 0 Å². The van der Waals surface area contributed by atoms with E-state index in [9.17, 15) is 0 Å². The fourth-order valence-corrected chi connectivity index (χ4v) is 12.9. The lowest BCUT2D eigenvalue weighted by Gasteiger charge is -2.29. The first kappa shape index (κ1) is 53.1. The van der Waals surface area contributed by atoms with Crippen molar-refractivity contribution in [3.05, 3.63) is 351 Å². The zero-order chi connectivity index (χ0) is 57.8. The molecule has 0 N–H and O–H groups in total. The fourth-order valence-electron chi connectivity index (χ4n) is 12.9. The molecule has 14 rings (SSSR count). The lowest BCUT2D eigenvalue weighted by Crippen LogP contribution is -2.02. The van der Waals surface area contributed by atoms with Crippen LogP contribution in [0, 0.1) is 13.8 Å². The largest absolute Gasteiger partial charge is 0.0622 e. The van der Waals surface area contributed by atoms with Crippen molar-refractivity contribution < 1.29 is 0 Å². The Morgan fingerprint density at radius 1 is 0.105 bits per heavy atom. The summed E-state index contributed by atoms with van der Waals surface area (Å²) in [6.45, 7) is 4.35. The first-order chi connectivity index (χ1) is 42.6. The molecule has 0 spiro atoms. The van der Waals surface area contributed by atoms with Gasteiger partial charge < -0.3 is 0 Å². The molecule has 0 heterocycles. The Bertz CT molecular complexity index is 4310. The Kier molecular flexibility index (Phi) is 14.7. The molecule has 0 unspecified atom stereocenters. The van der Waals surface area contributed by atoms with E-state index in [0.29, 0.717) is 0 Å². The molecule has 14 aromatic rings. The molecule has 0 fully saturated rings. The van der Waals surface area contributed by atoms with Gasteiger partial charge in [0.15, 0.2) is 0 Å². The van der Waals surface area contributed by atoms with Crippen LogP contribution in [0.15, 0.2) is 340 Å². The summed E-state index contributed by atoms with van der Waals surface area (Å²) in [5.41, 5.74) is 33.1. The van der Waals surface area contributed by atoms with E-state index < -0.39 is 0 Å². The molecule has 0 saturated carbocycles. The van der Waals surface area contributed by atoms with E-state index in [1.165, 1.54) is 122 Å². The number of rotatable bonds is 13. The molecule has 0 atom stereocenters. The molecule has 0 aliphatic heterocycles. The standard InChI is InChI=1S/C86H62/c1-59-43-47-71(48-44-59)83-79(67-35-19-7-20-36-67)75(63-27-11-3-12-28-63)77(65-31-15-5-16-32-65)81(69-39-23-9-24-40-69)85(83)73-55-51-61(52-56-73)62-53-57-74(58-54-62)86-82(70-41-25-10-26-42-70)78(66-33-17-6-18-34-66)76(64-29-13-4-14-30-64)80(68-37-21-8-22-38-68)84(86)72-49-45-60(2)46-50-72/h3-58H,1-2H3. The lowest BCUT2D eigenvalue weighted by atomic mass is 9.74. The van der Waals surface area contributed by atoms with Crippen LogP contribution in [-0.4, -0.2) is 0 Å². The van der Waals surface area contributed by atoms with Crippen molar-refractivity contribution in [1.82, 2.24) is 0 Å². The Hall–Kier alpha value is -10.9. The van der Waals surface area contributed by atoms with Gasteiger partial charge in [0, 0.05) is 0 Å². The molecule has 0 saturated heterocycles. The molecular formula is C86H62. The quantitative estimate of drug-likeness (QED) is 0.108. The summed E-state index contributed by atoms with van der Waals surface area (Å²) < 4.78 is 0. The maximum absolute atomic E-state index is 2.36. The van der Waals surface area contributed by atoms with Crippen molar-refractivity contribution in [2.75, 3.05) is 0 Å². The predicted molar refractivity (Wildman–Crippen MR) is 367 cm³/mol. The third-order valence-corrected chi connectivity index (χ3v) is 16.9. The zero-order valence-corrected chi connectivity index (χ0v) is 48.3. The Morgan fingerprint density at radius 2 is 0.209 bits per heavy atom. The summed E-state index contributed by atoms with van der Waals surface area (Å²) in [5.74, 6) is 0. The van der Waals surface area contributed by atoms with Gasteiger partial charge in [0.05, 0.1) is 0 Å². The van der Waals surface area contributed by atoms with Gasteiger partial charge in [-0.25, -0.2) is 0 Å². The van der Waals surface area contributed by atoms with Gasteiger partial charge in [0.2, 0.25) is 0 Å². The van der Waals surface area contributed by atoms with Gasteiger partial charge in [-0.2, -0.15) is 0 Å². The number of hydrogen-bond acceptors (Lipinski definition) is 0. The summed E-state index contributed by atoms with van der Waals surface area (Å²) >= 11 is 0. The van der Waals surface area contributed by atoms with Crippen LogP contribution in [0.2, 0.25) is 0 Å². The normalized spacial score (nSPS) is 11.1. The Morgan fingerprint density at radius 3 is 0.349 bits per heavy atom. The second kappa shape index (κ2) is 23.7. The minimum absolute atomic E-state index is 1.14. The van der Waals surface area contributed by atoms with Gasteiger partial charge >= 0.3 is 0 Å². The summed E-state index contributed by atoms with van der Waals surface area (Å²) in [5, 5.41) is 0. The van der Waals surface area contributed by atoms with E-state index in [1.54, 1.807) is 0 Å².